The van der Waals surface area contributed by atoms with Crippen LogP contribution in [0.1, 0.15) is 34.8 Å². The van der Waals surface area contributed by atoms with E-state index < -0.39 is 5.54 Å². The number of carbonyl (C=O) groups excluding carboxylic acids is 1. The minimum atomic E-state index is -0.830. The van der Waals surface area contributed by atoms with Gasteiger partial charge in [0.2, 0.25) is 0 Å². The Labute approximate surface area is 104 Å². The van der Waals surface area contributed by atoms with Crippen LogP contribution in [0.3, 0.4) is 0 Å². The molecule has 0 spiro atoms. The number of nitrogens with two attached hydrogens (primary N) is 1. The summed E-state index contributed by atoms with van der Waals surface area (Å²) >= 11 is 1.41. The largest absolute Gasteiger partial charge is 0.409 e. The summed E-state index contributed by atoms with van der Waals surface area (Å²) in [5.41, 5.74) is 4.75. The highest BCUT2D eigenvalue weighted by Gasteiger charge is 2.30. The second-order valence-electron chi connectivity index (χ2n) is 4.04. The van der Waals surface area contributed by atoms with E-state index in [1.807, 2.05) is 19.9 Å². The summed E-state index contributed by atoms with van der Waals surface area (Å²) in [6.45, 7) is 5.52. The van der Waals surface area contributed by atoms with Crippen LogP contribution >= 0.6 is 11.3 Å². The second kappa shape index (κ2) is 5.18. The SMILES string of the molecule is CCC(C)(NC(=O)c1ccc(C)s1)/C(N)=N/O. The molecule has 0 saturated carbocycles. The van der Waals surface area contributed by atoms with Crippen LogP contribution in [0.2, 0.25) is 0 Å². The third-order valence-electron chi connectivity index (χ3n) is 2.73. The van der Waals surface area contributed by atoms with E-state index in [0.717, 1.165) is 4.88 Å². The molecule has 0 bridgehead atoms. The van der Waals surface area contributed by atoms with E-state index in [4.69, 9.17) is 10.9 Å². The maximum absolute atomic E-state index is 12.0. The molecule has 0 aliphatic rings. The van der Waals surface area contributed by atoms with Crippen LogP contribution < -0.4 is 11.1 Å². The molecule has 5 nitrogen and oxygen atoms in total. The minimum Gasteiger partial charge on any atom is -0.409 e. The smallest absolute Gasteiger partial charge is 0.262 e. The molecule has 1 aromatic heterocycles. The Morgan fingerprint density at radius 2 is 2.29 bits per heavy atom. The van der Waals surface area contributed by atoms with Gasteiger partial charge in [0, 0.05) is 4.88 Å². The highest BCUT2D eigenvalue weighted by atomic mass is 32.1. The molecule has 0 aromatic carbocycles. The Hall–Kier alpha value is -1.56. The van der Waals surface area contributed by atoms with Gasteiger partial charge in [0.15, 0.2) is 5.84 Å². The predicted octanol–water partition coefficient (Wildman–Crippen LogP) is 1.70. The molecule has 0 saturated heterocycles. The average molecular weight is 255 g/mol. The second-order valence-corrected chi connectivity index (χ2v) is 5.32. The Balaban J connectivity index is 2.86. The number of amides is 1. The molecule has 0 aliphatic carbocycles. The highest BCUT2D eigenvalue weighted by molar-refractivity contribution is 7.13. The van der Waals surface area contributed by atoms with Crippen molar-refractivity contribution in [3.8, 4) is 0 Å². The van der Waals surface area contributed by atoms with Gasteiger partial charge in [-0.25, -0.2) is 0 Å². The molecule has 4 N–H and O–H groups in total. The number of carbonyl (C=O) groups is 1. The summed E-state index contributed by atoms with van der Waals surface area (Å²) in [4.78, 5) is 13.6. The zero-order valence-electron chi connectivity index (χ0n) is 10.2. The van der Waals surface area contributed by atoms with Crippen molar-refractivity contribution in [1.82, 2.24) is 5.32 Å². The number of hydrogen-bond donors (Lipinski definition) is 3. The molecule has 1 unspecified atom stereocenters. The van der Waals surface area contributed by atoms with E-state index in [2.05, 4.69) is 10.5 Å². The summed E-state index contributed by atoms with van der Waals surface area (Å²) in [7, 11) is 0. The molecule has 1 atom stereocenters. The van der Waals surface area contributed by atoms with Crippen molar-refractivity contribution in [2.75, 3.05) is 0 Å². The lowest BCUT2D eigenvalue weighted by Gasteiger charge is -2.27. The first-order chi connectivity index (χ1) is 7.92. The predicted molar refractivity (Wildman–Crippen MR) is 68.6 cm³/mol. The van der Waals surface area contributed by atoms with Crippen molar-refractivity contribution in [2.45, 2.75) is 32.7 Å². The van der Waals surface area contributed by atoms with Crippen molar-refractivity contribution < 1.29 is 10.0 Å². The minimum absolute atomic E-state index is 0.00151. The zero-order chi connectivity index (χ0) is 13.1. The van der Waals surface area contributed by atoms with E-state index in [1.165, 1.54) is 11.3 Å². The Kier molecular flexibility index (Phi) is 4.11. The van der Waals surface area contributed by atoms with Crippen molar-refractivity contribution in [1.29, 1.82) is 0 Å². The molecule has 17 heavy (non-hydrogen) atoms. The molecule has 0 fully saturated rings. The van der Waals surface area contributed by atoms with Crippen LogP contribution in [-0.2, 0) is 0 Å². The monoisotopic (exact) mass is 255 g/mol. The van der Waals surface area contributed by atoms with Gasteiger partial charge in [-0.3, -0.25) is 4.79 Å². The molecule has 1 aromatic rings. The van der Waals surface area contributed by atoms with Crippen LogP contribution in [0.25, 0.3) is 0 Å². The number of aryl methyl sites for hydroxylation is 1. The first-order valence-corrected chi connectivity index (χ1v) is 6.11. The molecule has 6 heteroatoms. The van der Waals surface area contributed by atoms with E-state index in [0.29, 0.717) is 11.3 Å². The molecular weight excluding hydrogens is 238 g/mol. The van der Waals surface area contributed by atoms with E-state index in [9.17, 15) is 4.79 Å². The van der Waals surface area contributed by atoms with E-state index >= 15 is 0 Å². The maximum Gasteiger partial charge on any atom is 0.262 e. The Bertz CT molecular complexity index is 442. The molecule has 0 aliphatic heterocycles. The van der Waals surface area contributed by atoms with Crippen molar-refractivity contribution >= 4 is 23.1 Å². The molecular formula is C11H17N3O2S. The van der Waals surface area contributed by atoms with Crippen LogP contribution in [0.5, 0.6) is 0 Å². The fourth-order valence-electron chi connectivity index (χ4n) is 1.31. The zero-order valence-corrected chi connectivity index (χ0v) is 11.0. The van der Waals surface area contributed by atoms with Gasteiger partial charge in [0.25, 0.3) is 5.91 Å². The van der Waals surface area contributed by atoms with Gasteiger partial charge in [-0.2, -0.15) is 0 Å². The fourth-order valence-corrected chi connectivity index (χ4v) is 2.08. The van der Waals surface area contributed by atoms with Gasteiger partial charge in [-0.1, -0.05) is 12.1 Å². The van der Waals surface area contributed by atoms with Gasteiger partial charge >= 0.3 is 0 Å². The number of amidine groups is 1. The van der Waals surface area contributed by atoms with E-state index in [-0.39, 0.29) is 11.7 Å². The topological polar surface area (TPSA) is 87.7 Å². The number of rotatable bonds is 4. The number of oxime groups is 1. The summed E-state index contributed by atoms with van der Waals surface area (Å²) in [5.74, 6) is -0.208. The number of thiophene rings is 1. The average Bonchev–Trinajstić information content (AvgIpc) is 2.74. The summed E-state index contributed by atoms with van der Waals surface area (Å²) in [5, 5.41) is 14.4. The van der Waals surface area contributed by atoms with Gasteiger partial charge in [-0.15, -0.1) is 11.3 Å². The maximum atomic E-state index is 12.0. The Morgan fingerprint density at radius 3 is 2.71 bits per heavy atom. The molecule has 1 rings (SSSR count). The first-order valence-electron chi connectivity index (χ1n) is 5.30. The standard InChI is InChI=1S/C11H17N3O2S/c1-4-11(3,10(12)14-16)13-9(15)8-6-5-7(2)17-8/h5-6,16H,4H2,1-3H3,(H2,12,14)(H,13,15). The van der Waals surface area contributed by atoms with Crippen LogP contribution in [0, 0.1) is 6.92 Å². The number of hydrogen-bond acceptors (Lipinski definition) is 4. The third-order valence-corrected chi connectivity index (χ3v) is 3.73. The van der Waals surface area contributed by atoms with Crippen LogP contribution in [0.15, 0.2) is 17.3 Å². The lowest BCUT2D eigenvalue weighted by atomic mass is 9.97. The number of nitrogens with zero attached hydrogens (tertiary/aromatic N) is 1. The fraction of sp³-hybridized carbons (Fsp3) is 0.455. The quantitative estimate of drug-likeness (QED) is 0.331. The highest BCUT2D eigenvalue weighted by Crippen LogP contribution is 2.17. The normalized spacial score (nSPS) is 15.4. The van der Waals surface area contributed by atoms with Crippen LogP contribution in [-0.4, -0.2) is 22.5 Å². The Morgan fingerprint density at radius 1 is 1.65 bits per heavy atom. The lowest BCUT2D eigenvalue weighted by Crippen LogP contribution is -2.54. The summed E-state index contributed by atoms with van der Waals surface area (Å²) < 4.78 is 0. The third kappa shape index (κ3) is 2.97. The molecule has 1 amide bonds. The lowest BCUT2D eigenvalue weighted by molar-refractivity contribution is 0.0929. The van der Waals surface area contributed by atoms with Gasteiger partial charge in [0.1, 0.15) is 0 Å². The van der Waals surface area contributed by atoms with E-state index in [1.54, 1.807) is 13.0 Å². The van der Waals surface area contributed by atoms with Crippen molar-refractivity contribution in [3.05, 3.63) is 21.9 Å². The van der Waals surface area contributed by atoms with Crippen molar-refractivity contribution in [2.24, 2.45) is 10.9 Å². The summed E-state index contributed by atoms with van der Waals surface area (Å²) in [6, 6.07) is 3.64. The first kappa shape index (κ1) is 13.5. The number of nitrogens with one attached hydrogen (secondary N) is 1. The molecule has 94 valence electrons. The van der Waals surface area contributed by atoms with Gasteiger partial charge in [0.05, 0.1) is 10.4 Å². The van der Waals surface area contributed by atoms with Gasteiger partial charge in [-0.05, 0) is 32.4 Å². The van der Waals surface area contributed by atoms with Gasteiger partial charge < -0.3 is 16.3 Å². The molecule has 0 radical (unpaired) electrons. The molecule has 1 heterocycles. The summed E-state index contributed by atoms with van der Waals surface area (Å²) in [6.07, 6.45) is 0.541. The van der Waals surface area contributed by atoms with Crippen molar-refractivity contribution in [3.63, 3.8) is 0 Å². The van der Waals surface area contributed by atoms with Crippen LogP contribution in [0.4, 0.5) is 0 Å².